The molecule has 2 fully saturated rings. The third kappa shape index (κ3) is 4.21. The van der Waals surface area contributed by atoms with Gasteiger partial charge in [-0.15, -0.1) is 0 Å². The maximum Gasteiger partial charge on any atom is 0.255 e. The molecule has 0 bridgehead atoms. The molecule has 0 saturated carbocycles. The number of fused-ring (bicyclic) bond motifs is 1. The summed E-state index contributed by atoms with van der Waals surface area (Å²) in [6.45, 7) is 2.68. The van der Waals surface area contributed by atoms with Gasteiger partial charge in [0, 0.05) is 26.2 Å². The summed E-state index contributed by atoms with van der Waals surface area (Å²) in [4.78, 5) is 17.1. The molecule has 6 nitrogen and oxygen atoms in total. The van der Waals surface area contributed by atoms with E-state index < -0.39 is 5.82 Å². The summed E-state index contributed by atoms with van der Waals surface area (Å²) < 4.78 is 25.1. The lowest BCUT2D eigenvalue weighted by atomic mass is 10.0. The van der Waals surface area contributed by atoms with Gasteiger partial charge in [-0.3, -0.25) is 9.69 Å². The first-order chi connectivity index (χ1) is 14.9. The van der Waals surface area contributed by atoms with Gasteiger partial charge in [0.2, 0.25) is 0 Å². The Labute approximate surface area is 189 Å². The van der Waals surface area contributed by atoms with E-state index in [1.54, 1.807) is 23.1 Å². The largest absolute Gasteiger partial charge is 0.495 e. The molecule has 2 aromatic rings. The molecule has 0 spiro atoms. The van der Waals surface area contributed by atoms with Crippen LogP contribution in [0, 0.1) is 17.1 Å². The molecule has 0 aliphatic carbocycles. The summed E-state index contributed by atoms with van der Waals surface area (Å²) in [5.41, 5.74) is 0.982. The number of hydrogen-bond acceptors (Lipinski definition) is 5. The highest BCUT2D eigenvalue weighted by Gasteiger charge is 2.36. The Balaban J connectivity index is 1.45. The number of hydrogen-bond donors (Lipinski definition) is 0. The van der Waals surface area contributed by atoms with E-state index in [0.29, 0.717) is 54.7 Å². The highest BCUT2D eigenvalue weighted by molar-refractivity contribution is 6.35. The molecule has 9 heteroatoms. The van der Waals surface area contributed by atoms with Gasteiger partial charge in [-0.25, -0.2) is 4.39 Å². The van der Waals surface area contributed by atoms with Gasteiger partial charge in [-0.1, -0.05) is 29.3 Å². The van der Waals surface area contributed by atoms with Crippen molar-refractivity contribution in [3.8, 4) is 11.8 Å². The van der Waals surface area contributed by atoms with Crippen molar-refractivity contribution in [2.24, 2.45) is 0 Å². The third-order valence-corrected chi connectivity index (χ3v) is 6.40. The molecule has 2 aromatic carbocycles. The summed E-state index contributed by atoms with van der Waals surface area (Å²) in [6.07, 6.45) is -0.323. The van der Waals surface area contributed by atoms with Crippen LogP contribution in [0.25, 0.3) is 0 Å². The molecule has 2 atom stereocenters. The van der Waals surface area contributed by atoms with Crippen LogP contribution in [0.5, 0.6) is 5.75 Å². The molecule has 0 aromatic heterocycles. The highest BCUT2D eigenvalue weighted by Crippen LogP contribution is 2.32. The summed E-state index contributed by atoms with van der Waals surface area (Å²) in [5.74, 6) is -0.399. The zero-order valence-electron chi connectivity index (χ0n) is 16.8. The van der Waals surface area contributed by atoms with Crippen LogP contribution in [-0.2, 0) is 4.74 Å². The van der Waals surface area contributed by atoms with Gasteiger partial charge < -0.3 is 14.4 Å². The minimum Gasteiger partial charge on any atom is -0.495 e. The number of morpholine rings is 1. The molecule has 2 saturated heterocycles. The summed E-state index contributed by atoms with van der Waals surface area (Å²) >= 11 is 12.3. The fourth-order valence-electron chi connectivity index (χ4n) is 4.05. The fraction of sp³-hybridized carbons (Fsp3) is 0.364. The number of carbonyl (C=O) groups is 1. The summed E-state index contributed by atoms with van der Waals surface area (Å²) in [5, 5.41) is 9.34. The van der Waals surface area contributed by atoms with Crippen LogP contribution >= 0.6 is 23.2 Å². The molecule has 2 heterocycles. The lowest BCUT2D eigenvalue weighted by Gasteiger charge is -2.46. The van der Waals surface area contributed by atoms with Crippen molar-refractivity contribution in [2.45, 2.75) is 12.1 Å². The molecular formula is C22H20Cl2FN3O3. The molecule has 162 valence electrons. The number of carbonyl (C=O) groups excluding carboxylic acids is 1. The highest BCUT2D eigenvalue weighted by atomic mass is 35.5. The van der Waals surface area contributed by atoms with Crippen molar-refractivity contribution in [1.29, 1.82) is 5.26 Å². The SMILES string of the molecule is COc1cccc(C(=O)N2CCN3C[C@@H](c4cc(Cl)c(F)c(C#N)c4)OC[C@@H]3C2)c1Cl. The monoisotopic (exact) mass is 463 g/mol. The Morgan fingerprint density at radius 2 is 2.10 bits per heavy atom. The second-order valence-corrected chi connectivity index (χ2v) is 8.30. The molecule has 0 unspecified atom stereocenters. The second-order valence-electron chi connectivity index (χ2n) is 7.52. The van der Waals surface area contributed by atoms with Gasteiger partial charge in [0.25, 0.3) is 5.91 Å². The number of amides is 1. The van der Waals surface area contributed by atoms with Crippen LogP contribution < -0.4 is 4.74 Å². The van der Waals surface area contributed by atoms with Gasteiger partial charge in [0.15, 0.2) is 5.82 Å². The summed E-state index contributed by atoms with van der Waals surface area (Å²) in [6, 6.07) is 10.00. The van der Waals surface area contributed by atoms with Gasteiger partial charge in [0.1, 0.15) is 11.8 Å². The molecule has 2 aliphatic heterocycles. The van der Waals surface area contributed by atoms with Crippen molar-refractivity contribution in [3.05, 3.63) is 62.9 Å². The lowest BCUT2D eigenvalue weighted by Crippen LogP contribution is -2.59. The Morgan fingerprint density at radius 1 is 1.29 bits per heavy atom. The van der Waals surface area contributed by atoms with Crippen LogP contribution in [-0.4, -0.2) is 61.6 Å². The topological polar surface area (TPSA) is 65.8 Å². The number of ether oxygens (including phenoxy) is 2. The van der Waals surface area contributed by atoms with Crippen molar-refractivity contribution >= 4 is 29.1 Å². The minimum atomic E-state index is -0.718. The van der Waals surface area contributed by atoms with Crippen molar-refractivity contribution in [1.82, 2.24) is 9.80 Å². The smallest absolute Gasteiger partial charge is 0.255 e. The van der Waals surface area contributed by atoms with E-state index in [2.05, 4.69) is 4.90 Å². The van der Waals surface area contributed by atoms with Crippen molar-refractivity contribution < 1.29 is 18.7 Å². The average Bonchev–Trinajstić information content (AvgIpc) is 2.79. The first kappa shape index (κ1) is 21.8. The number of nitriles is 1. The van der Waals surface area contributed by atoms with Gasteiger partial charge in [-0.05, 0) is 29.8 Å². The zero-order valence-corrected chi connectivity index (χ0v) is 18.3. The van der Waals surface area contributed by atoms with E-state index in [9.17, 15) is 9.18 Å². The van der Waals surface area contributed by atoms with E-state index in [-0.39, 0.29) is 28.6 Å². The van der Waals surface area contributed by atoms with Gasteiger partial charge >= 0.3 is 0 Å². The Bertz CT molecular complexity index is 1060. The number of rotatable bonds is 3. The molecule has 31 heavy (non-hydrogen) atoms. The second kappa shape index (κ2) is 9.01. The van der Waals surface area contributed by atoms with Crippen LogP contribution in [0.4, 0.5) is 4.39 Å². The van der Waals surface area contributed by atoms with Crippen molar-refractivity contribution in [3.63, 3.8) is 0 Å². The maximum atomic E-state index is 13.9. The van der Waals surface area contributed by atoms with E-state index in [1.165, 1.54) is 19.2 Å². The number of benzene rings is 2. The number of halogens is 3. The van der Waals surface area contributed by atoms with Crippen LogP contribution in [0.2, 0.25) is 10.0 Å². The Hall–Kier alpha value is -2.37. The third-order valence-electron chi connectivity index (χ3n) is 5.74. The normalized spacial score (nSPS) is 21.3. The number of nitrogens with zero attached hydrogens (tertiary/aromatic N) is 3. The number of piperazine rings is 1. The van der Waals surface area contributed by atoms with Crippen molar-refractivity contribution in [2.75, 3.05) is 39.9 Å². The Morgan fingerprint density at radius 3 is 2.84 bits per heavy atom. The van der Waals surface area contributed by atoms with Crippen LogP contribution in [0.1, 0.15) is 27.6 Å². The number of methoxy groups -OCH3 is 1. The molecule has 4 rings (SSSR count). The van der Waals surface area contributed by atoms with Gasteiger partial charge in [-0.2, -0.15) is 5.26 Å². The molecule has 2 aliphatic rings. The standard InChI is InChI=1S/C22H20Cl2FN3O3/c1-30-18-4-2-3-16(20(18)24)22(29)28-6-5-27-11-19(31-12-15(27)10-28)13-7-14(9-26)21(25)17(23)8-13/h2-4,7-8,15,19H,5-6,10-12H2,1H3/t15-,19-/m0/s1. The molecule has 1 amide bonds. The Kier molecular flexibility index (Phi) is 6.35. The van der Waals surface area contributed by atoms with E-state index in [4.69, 9.17) is 37.9 Å². The first-order valence-electron chi connectivity index (χ1n) is 9.79. The molecular weight excluding hydrogens is 444 g/mol. The fourth-order valence-corrected chi connectivity index (χ4v) is 4.56. The summed E-state index contributed by atoms with van der Waals surface area (Å²) in [7, 11) is 1.51. The average molecular weight is 464 g/mol. The van der Waals surface area contributed by atoms with Gasteiger partial charge in [0.05, 0.1) is 47.0 Å². The van der Waals surface area contributed by atoms with E-state index in [1.807, 2.05) is 6.07 Å². The van der Waals surface area contributed by atoms with Crippen LogP contribution in [0.3, 0.4) is 0 Å². The van der Waals surface area contributed by atoms with E-state index >= 15 is 0 Å². The quantitative estimate of drug-likeness (QED) is 0.690. The first-order valence-corrected chi connectivity index (χ1v) is 10.5. The zero-order chi connectivity index (χ0) is 22.1. The molecule has 0 radical (unpaired) electrons. The molecule has 0 N–H and O–H groups in total. The lowest BCUT2D eigenvalue weighted by molar-refractivity contribution is -0.0858. The minimum absolute atomic E-state index is 0.0321. The van der Waals surface area contributed by atoms with Crippen LogP contribution in [0.15, 0.2) is 30.3 Å². The van der Waals surface area contributed by atoms with E-state index in [0.717, 1.165) is 0 Å². The predicted octanol–water partition coefficient (Wildman–Crippen LogP) is 3.91. The predicted molar refractivity (Wildman–Crippen MR) is 114 cm³/mol. The maximum absolute atomic E-state index is 13.9.